The van der Waals surface area contributed by atoms with E-state index < -0.39 is 0 Å². The molecule has 0 spiro atoms. The zero-order valence-corrected chi connectivity index (χ0v) is 16.7. The number of aryl methyl sites for hydroxylation is 1. The third kappa shape index (κ3) is 6.44. The van der Waals surface area contributed by atoms with Crippen LogP contribution < -0.4 is 10.6 Å². The number of aromatic nitrogens is 2. The van der Waals surface area contributed by atoms with Crippen LogP contribution in [0.25, 0.3) is 0 Å². The average Bonchev–Trinajstić information content (AvgIpc) is 2.56. The fraction of sp³-hybridized carbons (Fsp3) is 0.389. The largest absolute Gasteiger partial charge is 0.354 e. The van der Waals surface area contributed by atoms with Crippen LogP contribution in [0.3, 0.4) is 0 Å². The molecule has 26 heavy (non-hydrogen) atoms. The first kappa shape index (κ1) is 20.4. The van der Waals surface area contributed by atoms with Crippen LogP contribution in [0.1, 0.15) is 21.7 Å². The second-order valence-electron chi connectivity index (χ2n) is 6.19. The second kappa shape index (κ2) is 9.71. The predicted molar refractivity (Wildman–Crippen MR) is 106 cm³/mol. The van der Waals surface area contributed by atoms with Crippen LogP contribution in [-0.2, 0) is 6.42 Å². The highest BCUT2D eigenvalue weighted by Gasteiger charge is 2.10. The molecule has 2 aromatic rings. The third-order valence-electron chi connectivity index (χ3n) is 3.62. The molecule has 1 aromatic heterocycles. The van der Waals surface area contributed by atoms with E-state index in [0.29, 0.717) is 41.2 Å². The number of likely N-dealkylation sites (N-methyl/N-ethyl adjacent to an activating group) is 1. The number of hydrogen-bond acceptors (Lipinski definition) is 5. The SMILES string of the molecule is Cc1cc(C(=O)NCCN(C)C)nc(NCCc2ccc(Cl)cc2Cl)n1. The molecule has 2 rings (SSSR count). The summed E-state index contributed by atoms with van der Waals surface area (Å²) in [6, 6.07) is 7.10. The number of hydrogen-bond donors (Lipinski definition) is 2. The molecule has 8 heteroatoms. The van der Waals surface area contributed by atoms with E-state index in [0.717, 1.165) is 17.8 Å². The number of carbonyl (C=O) groups is 1. The molecular weight excluding hydrogens is 373 g/mol. The van der Waals surface area contributed by atoms with Crippen molar-refractivity contribution >= 4 is 35.1 Å². The number of amides is 1. The lowest BCUT2D eigenvalue weighted by atomic mass is 10.1. The standard InChI is InChI=1S/C18H23Cl2N5O/c1-12-10-16(17(26)21-8-9-25(2)3)24-18(23-12)22-7-6-13-4-5-14(19)11-15(13)20/h4-5,10-11H,6-9H2,1-3H3,(H,21,26)(H,22,23,24). The Morgan fingerprint density at radius 3 is 2.62 bits per heavy atom. The molecule has 0 aliphatic heterocycles. The lowest BCUT2D eigenvalue weighted by Gasteiger charge is -2.11. The highest BCUT2D eigenvalue weighted by atomic mass is 35.5. The van der Waals surface area contributed by atoms with Crippen molar-refractivity contribution < 1.29 is 4.79 Å². The first-order chi connectivity index (χ1) is 12.3. The summed E-state index contributed by atoms with van der Waals surface area (Å²) in [5.41, 5.74) is 2.06. The van der Waals surface area contributed by atoms with Crippen LogP contribution in [0.5, 0.6) is 0 Å². The van der Waals surface area contributed by atoms with Gasteiger partial charge >= 0.3 is 0 Å². The van der Waals surface area contributed by atoms with Crippen LogP contribution in [0.2, 0.25) is 10.0 Å². The molecule has 6 nitrogen and oxygen atoms in total. The minimum atomic E-state index is -0.207. The predicted octanol–water partition coefficient (Wildman–Crippen LogP) is 3.04. The minimum absolute atomic E-state index is 0.207. The second-order valence-corrected chi connectivity index (χ2v) is 7.03. The monoisotopic (exact) mass is 395 g/mol. The topological polar surface area (TPSA) is 70.2 Å². The summed E-state index contributed by atoms with van der Waals surface area (Å²) in [7, 11) is 3.91. The van der Waals surface area contributed by atoms with Crippen molar-refractivity contribution in [2.24, 2.45) is 0 Å². The molecular formula is C18H23Cl2N5O. The summed E-state index contributed by atoms with van der Waals surface area (Å²) in [5, 5.41) is 7.23. The number of nitrogens with zero attached hydrogens (tertiary/aromatic N) is 3. The molecule has 0 aliphatic rings. The van der Waals surface area contributed by atoms with Crippen LogP contribution in [0.15, 0.2) is 24.3 Å². The molecule has 0 aliphatic carbocycles. The van der Waals surface area contributed by atoms with Gasteiger partial charge in [-0.2, -0.15) is 0 Å². The van der Waals surface area contributed by atoms with E-state index >= 15 is 0 Å². The minimum Gasteiger partial charge on any atom is -0.354 e. The van der Waals surface area contributed by atoms with E-state index in [4.69, 9.17) is 23.2 Å². The molecule has 140 valence electrons. The highest BCUT2D eigenvalue weighted by Crippen LogP contribution is 2.21. The fourth-order valence-electron chi connectivity index (χ4n) is 2.28. The maximum absolute atomic E-state index is 12.2. The van der Waals surface area contributed by atoms with Crippen LogP contribution in [0.4, 0.5) is 5.95 Å². The quantitative estimate of drug-likeness (QED) is 0.718. The van der Waals surface area contributed by atoms with Crippen molar-refractivity contribution in [3.8, 4) is 0 Å². The Kier molecular flexibility index (Phi) is 7.63. The summed E-state index contributed by atoms with van der Waals surface area (Å²) in [4.78, 5) is 22.9. The fourth-order valence-corrected chi connectivity index (χ4v) is 2.78. The van der Waals surface area contributed by atoms with Gasteiger partial charge in [-0.1, -0.05) is 29.3 Å². The van der Waals surface area contributed by atoms with Gasteiger partial charge in [0.05, 0.1) is 0 Å². The van der Waals surface area contributed by atoms with Crippen molar-refractivity contribution in [3.63, 3.8) is 0 Å². The van der Waals surface area contributed by atoms with Crippen LogP contribution >= 0.6 is 23.2 Å². The molecule has 0 unspecified atom stereocenters. The molecule has 0 atom stereocenters. The zero-order chi connectivity index (χ0) is 19.1. The molecule has 1 amide bonds. The molecule has 1 aromatic carbocycles. The van der Waals surface area contributed by atoms with Crippen molar-refractivity contribution in [2.45, 2.75) is 13.3 Å². The van der Waals surface area contributed by atoms with Gasteiger partial charge in [0, 0.05) is 35.4 Å². The summed E-state index contributed by atoms with van der Waals surface area (Å²) >= 11 is 12.1. The maximum Gasteiger partial charge on any atom is 0.270 e. The Labute approximate surface area is 163 Å². The van der Waals surface area contributed by atoms with Gasteiger partial charge in [-0.05, 0) is 51.2 Å². The Bertz CT molecular complexity index is 767. The Balaban J connectivity index is 1.95. The molecule has 0 saturated heterocycles. The number of nitrogens with one attached hydrogen (secondary N) is 2. The number of halogens is 2. The summed E-state index contributed by atoms with van der Waals surface area (Å²) in [5.74, 6) is 0.217. The van der Waals surface area contributed by atoms with Crippen LogP contribution in [-0.4, -0.2) is 54.5 Å². The van der Waals surface area contributed by atoms with Gasteiger partial charge in [0.15, 0.2) is 0 Å². The third-order valence-corrected chi connectivity index (χ3v) is 4.21. The van der Waals surface area contributed by atoms with E-state index in [1.54, 1.807) is 12.1 Å². The van der Waals surface area contributed by atoms with Gasteiger partial charge in [-0.25, -0.2) is 9.97 Å². The summed E-state index contributed by atoms with van der Waals surface area (Å²) in [6.45, 7) is 3.75. The number of carbonyl (C=O) groups excluding carboxylic acids is 1. The highest BCUT2D eigenvalue weighted by molar-refractivity contribution is 6.35. The van der Waals surface area contributed by atoms with Gasteiger partial charge in [0.1, 0.15) is 5.69 Å². The zero-order valence-electron chi connectivity index (χ0n) is 15.1. The lowest BCUT2D eigenvalue weighted by Crippen LogP contribution is -2.32. The van der Waals surface area contributed by atoms with Gasteiger partial charge in [-0.3, -0.25) is 4.79 Å². The van der Waals surface area contributed by atoms with Crippen molar-refractivity contribution in [1.82, 2.24) is 20.2 Å². The Morgan fingerprint density at radius 1 is 1.15 bits per heavy atom. The first-order valence-electron chi connectivity index (χ1n) is 8.31. The molecule has 0 radical (unpaired) electrons. The molecule has 0 saturated carbocycles. The molecule has 0 bridgehead atoms. The maximum atomic E-state index is 12.2. The number of anilines is 1. The van der Waals surface area contributed by atoms with Gasteiger partial charge in [-0.15, -0.1) is 0 Å². The van der Waals surface area contributed by atoms with Gasteiger partial charge in [0.2, 0.25) is 5.95 Å². The van der Waals surface area contributed by atoms with Crippen molar-refractivity contribution in [1.29, 1.82) is 0 Å². The van der Waals surface area contributed by atoms with E-state index in [1.165, 1.54) is 0 Å². The first-order valence-corrected chi connectivity index (χ1v) is 9.07. The summed E-state index contributed by atoms with van der Waals surface area (Å²) in [6.07, 6.45) is 0.692. The average molecular weight is 396 g/mol. The van der Waals surface area contributed by atoms with E-state index in [9.17, 15) is 4.79 Å². The molecule has 2 N–H and O–H groups in total. The normalized spacial score (nSPS) is 10.8. The Morgan fingerprint density at radius 2 is 1.92 bits per heavy atom. The van der Waals surface area contributed by atoms with E-state index in [-0.39, 0.29) is 5.91 Å². The van der Waals surface area contributed by atoms with E-state index in [1.807, 2.05) is 38.1 Å². The van der Waals surface area contributed by atoms with Crippen molar-refractivity contribution in [3.05, 3.63) is 51.3 Å². The molecule has 0 fully saturated rings. The van der Waals surface area contributed by atoms with Crippen LogP contribution in [0, 0.1) is 6.92 Å². The molecule has 1 heterocycles. The Hall–Kier alpha value is -1.89. The van der Waals surface area contributed by atoms with Gasteiger partial charge < -0.3 is 15.5 Å². The number of rotatable bonds is 8. The van der Waals surface area contributed by atoms with E-state index in [2.05, 4.69) is 20.6 Å². The smallest absolute Gasteiger partial charge is 0.270 e. The van der Waals surface area contributed by atoms with Crippen molar-refractivity contribution in [2.75, 3.05) is 39.0 Å². The lowest BCUT2D eigenvalue weighted by molar-refractivity contribution is 0.0946. The summed E-state index contributed by atoms with van der Waals surface area (Å²) < 4.78 is 0. The van der Waals surface area contributed by atoms with Gasteiger partial charge in [0.25, 0.3) is 5.91 Å². The number of benzene rings is 1.